The zero-order valence-corrected chi connectivity index (χ0v) is 94.8. The van der Waals surface area contributed by atoms with Gasteiger partial charge in [0.05, 0.1) is 98.1 Å². The number of aliphatic hydroxyl groups excluding tert-OH is 9. The molecule has 145 heavy (non-hydrogen) atoms. The lowest BCUT2D eigenvalue weighted by molar-refractivity contribution is -0.282. The molecule has 842 valence electrons. The molecule has 34 heteroatoms. The van der Waals surface area contributed by atoms with Gasteiger partial charge in [0, 0.05) is 109 Å². The number of Topliss-reactive ketones (excluding diaryl/α,β-unsaturated/α-hetero) is 5. The van der Waals surface area contributed by atoms with E-state index in [1.807, 2.05) is 234 Å². The Bertz CT molecular complexity index is 3970. The average Bonchev–Trinajstić information content (AvgIpc) is 0.613. The van der Waals surface area contributed by atoms with E-state index in [2.05, 4.69) is 0 Å². The van der Waals surface area contributed by atoms with Crippen molar-refractivity contribution in [2.24, 2.45) is 107 Å². The zero-order valence-electron chi connectivity index (χ0n) is 94.8. The van der Waals surface area contributed by atoms with Crippen molar-refractivity contribution in [1.29, 1.82) is 0 Å². The number of likely N-dealkylation sites (N-methyl/N-ethyl adjacent to an activating group) is 4. The number of carbonyl (C=O) groups is 9. The summed E-state index contributed by atoms with van der Waals surface area (Å²) in [5.41, 5.74) is 0.660. The third kappa shape index (κ3) is 37.8. The van der Waals surface area contributed by atoms with Crippen LogP contribution in [0.5, 0.6) is 0 Å². The molecule has 0 bridgehead atoms. The molecule has 8 heterocycles. The van der Waals surface area contributed by atoms with Crippen LogP contribution in [-0.2, 0) is 100.0 Å². The van der Waals surface area contributed by atoms with Crippen LogP contribution in [0.15, 0.2) is 11.6 Å². The molecule has 7 saturated heterocycles. The Kier molecular flexibility index (Phi) is 54.7. The van der Waals surface area contributed by atoms with Crippen molar-refractivity contribution in [3.8, 4) is 0 Å². The number of ketones is 5. The fraction of sp³-hybridized carbons (Fsp3) is 0.901. The first-order valence-corrected chi connectivity index (χ1v) is 54.6. The molecule has 47 atom stereocenters. The van der Waals surface area contributed by atoms with Crippen molar-refractivity contribution >= 4 is 52.8 Å². The third-order valence-corrected chi connectivity index (χ3v) is 32.9. The second kappa shape index (κ2) is 60.7. The molecule has 8 aliphatic heterocycles. The minimum atomic E-state index is -1.06. The largest absolute Gasteiger partial charge is 0.462 e. The van der Waals surface area contributed by atoms with Crippen LogP contribution in [0.1, 0.15) is 303 Å². The van der Waals surface area contributed by atoms with Gasteiger partial charge in [0.15, 0.2) is 36.7 Å². The topological polar surface area (TPSA) is 459 Å². The summed E-state index contributed by atoms with van der Waals surface area (Å²) in [6.07, 6.45) is -7.70. The quantitative estimate of drug-likeness (QED) is 0.0394. The van der Waals surface area contributed by atoms with E-state index in [1.54, 1.807) is 27.7 Å². The van der Waals surface area contributed by atoms with E-state index in [4.69, 9.17) is 56.8 Å². The van der Waals surface area contributed by atoms with Gasteiger partial charge < -0.3 is 122 Å². The fourth-order valence-electron chi connectivity index (χ4n) is 22.9. The lowest BCUT2D eigenvalue weighted by atomic mass is 9.79. The molecule has 34 nitrogen and oxygen atoms in total. The number of cyclic esters (lactones) is 4. The number of esters is 4. The highest BCUT2D eigenvalue weighted by Gasteiger charge is 2.51. The molecule has 0 amide bonds. The fourth-order valence-corrected chi connectivity index (χ4v) is 22.9. The van der Waals surface area contributed by atoms with Crippen molar-refractivity contribution < 1.29 is 146 Å². The lowest BCUT2D eigenvalue weighted by Gasteiger charge is -2.44. The number of hydrogen-bond donors (Lipinski definition) is 9. The average molecular weight is 2070 g/mol. The molecule has 8 rings (SSSR count). The van der Waals surface area contributed by atoms with Gasteiger partial charge in [-0.3, -0.25) is 43.2 Å². The Morgan fingerprint density at radius 2 is 0.621 bits per heavy atom. The summed E-state index contributed by atoms with van der Waals surface area (Å²) in [4.78, 5) is 125. The molecule has 0 aromatic heterocycles. The number of ether oxygens (including phenoxy) is 12. The molecular weight excluding hydrogens is 1870 g/mol. The maximum Gasteiger partial charge on any atom is 0.316 e. The second-order valence-electron chi connectivity index (χ2n) is 46.4. The van der Waals surface area contributed by atoms with E-state index in [1.165, 1.54) is 6.92 Å². The number of nitrogens with zero attached hydrogens (tertiary/aromatic N) is 4. The first kappa shape index (κ1) is 131. The van der Waals surface area contributed by atoms with Crippen molar-refractivity contribution in [2.45, 2.75) is 480 Å². The lowest BCUT2D eigenvalue weighted by Crippen LogP contribution is -2.56. The molecule has 0 aromatic carbocycles. The van der Waals surface area contributed by atoms with Gasteiger partial charge in [0.25, 0.3) is 0 Å². The Morgan fingerprint density at radius 3 is 0.986 bits per heavy atom. The van der Waals surface area contributed by atoms with Crippen LogP contribution in [-0.4, -0.2) is 352 Å². The summed E-state index contributed by atoms with van der Waals surface area (Å²) in [6.45, 7) is 50.6. The predicted octanol–water partition coefficient (Wildman–Crippen LogP) is 11.5. The summed E-state index contributed by atoms with van der Waals surface area (Å²) in [6, 6.07) is -0.597. The number of rotatable bonds is 16. The minimum Gasteiger partial charge on any atom is -0.462 e. The van der Waals surface area contributed by atoms with E-state index in [-0.39, 0.29) is 187 Å². The highest BCUT2D eigenvalue weighted by atomic mass is 16.7. The predicted molar refractivity (Wildman–Crippen MR) is 550 cm³/mol. The number of allylic oxidation sites excluding steroid dienone is 1. The molecule has 9 N–H and O–H groups in total. The highest BCUT2D eigenvalue weighted by Crippen LogP contribution is 2.41. The standard InChI is InChI=1S/C28H49NO8.C28H51NO7.C28H49NO7.C27H49NO8/c1-10-23-17(5)22(31)13-21(30)14(2)11-15(3)26(18(6)24(32)19(7)27(34)36-23)37-28-25(33)20(29(8)9)12-16(4)35-28;1-10-23-15(2)11-17(4)25(31)18(5)12-16(3)24(14-22(30)20(7)27(33)35-23)36-28-26(32)21(29(8)9)13-19(6)34-28;1-10-23-15(2)11-16(3)25(32)17(4)12-18(5)27(20(7)22(30)14-24(31)35-23)36-28-26(33)21(29(8)9)13-19(6)34-28;1-9-23-17(5)21(30)12-20(29)14(2)10-15(3)26(18(6)22(31)13-24(32)35-23)36-27-25(33)19(28(7)8)11-16(4)34-27/h14-20,22-23,25-26,28,31,33H,10-13H2,1-9H3;15-24,26,28,30,32H,10-14H2,1-9H3;11,15,17-23,26-28,30,33H,10,12-14H2,1-9H3;14-19,21-23,25-27,30-31,33H,9-13H2,1-8H3/b;;16-11+;/t14-,15+,16?,17-,18+,19-,20?,22-,23-,25?,26+,28?;15-,16+,17-,18-,19?,20-,21?,22+,23-,24-,26?,28?;15-,17-,18+,19?,20+,21?,22-,23-,26?,27+,28?;14-,15+,16?,17-,18+,19?,21-,22-,23-,25?,26+,27?/m1111/s1. The summed E-state index contributed by atoms with van der Waals surface area (Å²) >= 11 is 0. The van der Waals surface area contributed by atoms with Crippen molar-refractivity contribution in [3.05, 3.63) is 11.6 Å². The molecule has 8 aliphatic rings. The molecule has 0 saturated carbocycles. The van der Waals surface area contributed by atoms with Gasteiger partial charge in [0.1, 0.15) is 72.1 Å². The smallest absolute Gasteiger partial charge is 0.316 e. The SMILES string of the molecule is CC[C@H]1OC(=O)C[C@@H](O)[C@H](C)[C@@H](OC2OC(C)CC(N(C)C)C2O)[C@@H](C)C[C@@H](C)C(=O)/C(C)=C/[C@H]1C.CC[C@H]1OC(=O)C[C@@H](O)[C@H](C)[C@@H](OC2OC(C)CC(N(C)C)C2O)[C@@H](C)C[C@@H](C)C(=O)C[C@@H](O)[C@H]1C.CC[C@H]1OC(=O)[C@H](C)C(=O)[C@H](C)[C@@H](OC2OC(C)CC(N(C)C)C2O)[C@@H](C)C[C@@H](C)C(=O)C[C@@H](O)[C@H]1C.CC[C@H]1OC(=O)[C@H](C)[C@@H](O)C[C@@H](OC2OC(C)CC(N(C)C)C2O)[C@@H](C)C[C@@H](C)C(=O)[C@H](C)C[C@H]1C. The normalized spacial score (nSPS) is 43.8. The Hall–Kier alpha value is -4.87. The van der Waals surface area contributed by atoms with Gasteiger partial charge in [0.2, 0.25) is 0 Å². The van der Waals surface area contributed by atoms with Crippen LogP contribution in [0, 0.1) is 107 Å². The zero-order chi connectivity index (χ0) is 110. The minimum absolute atomic E-state index is 0.0146. The van der Waals surface area contributed by atoms with Gasteiger partial charge in [-0.05, 0) is 223 Å². The van der Waals surface area contributed by atoms with Gasteiger partial charge in [-0.2, -0.15) is 0 Å². The summed E-state index contributed by atoms with van der Waals surface area (Å²) in [5, 5.41) is 98.6. The van der Waals surface area contributed by atoms with Crippen LogP contribution < -0.4 is 0 Å². The molecule has 0 aliphatic carbocycles. The van der Waals surface area contributed by atoms with Crippen molar-refractivity contribution in [3.63, 3.8) is 0 Å². The van der Waals surface area contributed by atoms with Crippen LogP contribution >= 0.6 is 0 Å². The van der Waals surface area contributed by atoms with E-state index >= 15 is 0 Å². The van der Waals surface area contributed by atoms with Gasteiger partial charge in [-0.1, -0.05) is 145 Å². The van der Waals surface area contributed by atoms with Gasteiger partial charge in [-0.15, -0.1) is 0 Å². The highest BCUT2D eigenvalue weighted by molar-refractivity contribution is 6.00. The molecule has 0 radical (unpaired) electrons. The molecule has 16 unspecified atom stereocenters. The Morgan fingerprint density at radius 1 is 0.310 bits per heavy atom. The van der Waals surface area contributed by atoms with Crippen molar-refractivity contribution in [2.75, 3.05) is 56.4 Å². The third-order valence-electron chi connectivity index (χ3n) is 32.9. The Labute approximate surface area is 868 Å². The van der Waals surface area contributed by atoms with Gasteiger partial charge in [-0.25, -0.2) is 0 Å². The second-order valence-corrected chi connectivity index (χ2v) is 46.4. The van der Waals surface area contributed by atoms with E-state index < -0.39 is 182 Å². The van der Waals surface area contributed by atoms with Crippen LogP contribution in [0.25, 0.3) is 0 Å². The number of carbonyl (C=O) groups excluding carboxylic acids is 9. The molecule has 7 fully saturated rings. The van der Waals surface area contributed by atoms with Crippen LogP contribution in [0.2, 0.25) is 0 Å². The molecular formula is C111H198N4O30. The van der Waals surface area contributed by atoms with Crippen molar-refractivity contribution in [1.82, 2.24) is 19.6 Å². The number of hydrogen-bond acceptors (Lipinski definition) is 34. The molecule has 0 spiro atoms. The first-order valence-electron chi connectivity index (χ1n) is 54.6. The number of aliphatic hydroxyl groups is 9. The maximum absolute atomic E-state index is 13.5. The monoisotopic (exact) mass is 2070 g/mol. The Balaban J connectivity index is 0.000000340. The van der Waals surface area contributed by atoms with E-state index in [0.29, 0.717) is 89.0 Å². The first-order chi connectivity index (χ1) is 67.5. The van der Waals surface area contributed by atoms with Gasteiger partial charge >= 0.3 is 23.9 Å². The summed E-state index contributed by atoms with van der Waals surface area (Å²) < 4.78 is 72.3. The van der Waals surface area contributed by atoms with E-state index in [0.717, 1.165) is 0 Å². The summed E-state index contributed by atoms with van der Waals surface area (Å²) in [7, 11) is 15.2. The van der Waals surface area contributed by atoms with Crippen LogP contribution in [0.4, 0.5) is 0 Å². The summed E-state index contributed by atoms with van der Waals surface area (Å²) in [5.74, 6) is -8.73. The maximum atomic E-state index is 13.5. The van der Waals surface area contributed by atoms with Crippen LogP contribution in [0.3, 0.4) is 0 Å². The van der Waals surface area contributed by atoms with E-state index in [9.17, 15) is 89.1 Å². The molecule has 0 aromatic rings.